The number of hydrogen-bond donors (Lipinski definition) is 1. The van der Waals surface area contributed by atoms with Gasteiger partial charge in [0, 0.05) is 5.75 Å². The molecular formula is C7H10O4S. The second kappa shape index (κ2) is 3.35. The Morgan fingerprint density at radius 3 is 2.58 bits per heavy atom. The van der Waals surface area contributed by atoms with Gasteiger partial charge in [0.1, 0.15) is 0 Å². The summed E-state index contributed by atoms with van der Waals surface area (Å²) in [5.74, 6) is -0.657. The second-order valence-corrected chi connectivity index (χ2v) is 3.79. The van der Waals surface area contributed by atoms with Gasteiger partial charge in [-0.3, -0.25) is 9.59 Å². The van der Waals surface area contributed by atoms with Crippen molar-refractivity contribution in [2.75, 3.05) is 18.6 Å². The first-order chi connectivity index (χ1) is 5.63. The monoisotopic (exact) mass is 190 g/mol. The molecule has 68 valence electrons. The zero-order valence-corrected chi connectivity index (χ0v) is 7.52. The molecule has 1 atom stereocenters. The van der Waals surface area contributed by atoms with Crippen molar-refractivity contribution in [3.8, 4) is 0 Å². The van der Waals surface area contributed by atoms with Gasteiger partial charge in [-0.1, -0.05) is 0 Å². The van der Waals surface area contributed by atoms with Crippen LogP contribution in [0.5, 0.6) is 0 Å². The number of carboxylic acids is 1. The van der Waals surface area contributed by atoms with Crippen LogP contribution in [0.2, 0.25) is 0 Å². The van der Waals surface area contributed by atoms with E-state index in [1.807, 2.05) is 0 Å². The molecule has 1 aliphatic heterocycles. The normalized spacial score (nSPS) is 28.4. The van der Waals surface area contributed by atoms with Gasteiger partial charge in [-0.05, 0) is 12.2 Å². The maximum atomic E-state index is 11.2. The van der Waals surface area contributed by atoms with Gasteiger partial charge in [0.15, 0.2) is 5.41 Å². The number of carbonyl (C=O) groups excluding carboxylic acids is 1. The number of thioether (sulfide) groups is 1. The van der Waals surface area contributed by atoms with Crippen LogP contribution in [0.15, 0.2) is 0 Å². The first-order valence-electron chi connectivity index (χ1n) is 3.53. The molecule has 4 nitrogen and oxygen atoms in total. The highest BCUT2D eigenvalue weighted by Gasteiger charge is 2.50. The van der Waals surface area contributed by atoms with Crippen molar-refractivity contribution in [1.29, 1.82) is 0 Å². The van der Waals surface area contributed by atoms with Crippen LogP contribution in [-0.4, -0.2) is 35.7 Å². The Balaban J connectivity index is 2.86. The maximum absolute atomic E-state index is 11.2. The molecule has 5 heteroatoms. The number of ether oxygens (including phenoxy) is 1. The molecule has 0 radical (unpaired) electrons. The van der Waals surface area contributed by atoms with Crippen LogP contribution in [0.25, 0.3) is 0 Å². The minimum absolute atomic E-state index is 0.328. The average Bonchev–Trinajstić information content (AvgIpc) is 2.52. The third kappa shape index (κ3) is 1.29. The van der Waals surface area contributed by atoms with Crippen molar-refractivity contribution in [3.63, 3.8) is 0 Å². The molecule has 1 rings (SSSR count). The number of aliphatic carboxylic acids is 1. The van der Waals surface area contributed by atoms with E-state index in [1.165, 1.54) is 18.9 Å². The summed E-state index contributed by atoms with van der Waals surface area (Å²) in [5, 5.41) is 8.85. The van der Waals surface area contributed by atoms with E-state index < -0.39 is 17.4 Å². The van der Waals surface area contributed by atoms with Gasteiger partial charge in [0.05, 0.1) is 7.11 Å². The smallest absolute Gasteiger partial charge is 0.324 e. The molecule has 1 saturated heterocycles. The Kier molecular flexibility index (Phi) is 2.62. The Morgan fingerprint density at radius 1 is 1.58 bits per heavy atom. The minimum Gasteiger partial charge on any atom is -0.480 e. The Hall–Kier alpha value is -0.710. The van der Waals surface area contributed by atoms with E-state index in [0.717, 1.165) is 0 Å². The standard InChI is InChI=1S/C7H10O4S/c1-11-6(10)7(5(8)9)2-3-12-4-7/h2-4H2,1H3,(H,8,9). The van der Waals surface area contributed by atoms with E-state index in [2.05, 4.69) is 4.74 Å². The minimum atomic E-state index is -1.28. The highest BCUT2D eigenvalue weighted by molar-refractivity contribution is 7.99. The van der Waals surface area contributed by atoms with E-state index in [0.29, 0.717) is 17.9 Å². The summed E-state index contributed by atoms with van der Waals surface area (Å²) in [7, 11) is 1.22. The van der Waals surface area contributed by atoms with E-state index >= 15 is 0 Å². The first kappa shape index (κ1) is 9.38. The number of carboxylic acid groups (broad SMARTS) is 1. The molecule has 0 aromatic carbocycles. The lowest BCUT2D eigenvalue weighted by molar-refractivity contribution is -0.164. The van der Waals surface area contributed by atoms with Gasteiger partial charge in [-0.15, -0.1) is 0 Å². The van der Waals surface area contributed by atoms with Crippen molar-refractivity contribution in [3.05, 3.63) is 0 Å². The zero-order chi connectivity index (χ0) is 9.19. The number of esters is 1. The topological polar surface area (TPSA) is 63.6 Å². The third-order valence-corrected chi connectivity index (χ3v) is 3.20. The molecule has 1 aliphatic rings. The number of rotatable bonds is 2. The molecule has 12 heavy (non-hydrogen) atoms. The van der Waals surface area contributed by atoms with Crippen molar-refractivity contribution < 1.29 is 19.4 Å². The highest BCUT2D eigenvalue weighted by Crippen LogP contribution is 2.37. The van der Waals surface area contributed by atoms with Gasteiger partial charge in [0.2, 0.25) is 0 Å². The van der Waals surface area contributed by atoms with Crippen LogP contribution >= 0.6 is 11.8 Å². The molecule has 0 aliphatic carbocycles. The quantitative estimate of drug-likeness (QED) is 0.503. The Labute approximate surface area is 74.3 Å². The summed E-state index contributed by atoms with van der Waals surface area (Å²) in [6.07, 6.45) is 0.375. The summed E-state index contributed by atoms with van der Waals surface area (Å²) in [6, 6.07) is 0. The van der Waals surface area contributed by atoms with E-state index in [-0.39, 0.29) is 0 Å². The van der Waals surface area contributed by atoms with E-state index in [1.54, 1.807) is 0 Å². The SMILES string of the molecule is COC(=O)C1(C(=O)O)CCSC1. The van der Waals surface area contributed by atoms with Crippen molar-refractivity contribution in [1.82, 2.24) is 0 Å². The molecule has 1 fully saturated rings. The second-order valence-electron chi connectivity index (χ2n) is 2.68. The molecule has 0 bridgehead atoms. The molecule has 1 heterocycles. The first-order valence-corrected chi connectivity index (χ1v) is 4.68. The van der Waals surface area contributed by atoms with Gasteiger partial charge in [0.25, 0.3) is 0 Å². The number of hydrogen-bond acceptors (Lipinski definition) is 4. The molecule has 1 N–H and O–H groups in total. The zero-order valence-electron chi connectivity index (χ0n) is 6.70. The number of carbonyl (C=O) groups is 2. The van der Waals surface area contributed by atoms with Crippen molar-refractivity contribution in [2.45, 2.75) is 6.42 Å². The Bertz CT molecular complexity index is 207. The fourth-order valence-corrected chi connectivity index (χ4v) is 2.55. The largest absolute Gasteiger partial charge is 0.480 e. The fraction of sp³-hybridized carbons (Fsp3) is 0.714. The van der Waals surface area contributed by atoms with Crippen LogP contribution in [0.3, 0.4) is 0 Å². The lowest BCUT2D eigenvalue weighted by Crippen LogP contribution is -2.40. The third-order valence-electron chi connectivity index (χ3n) is 2.01. The molecule has 0 saturated carbocycles. The average molecular weight is 190 g/mol. The summed E-state index contributed by atoms with van der Waals surface area (Å²) in [5.41, 5.74) is -1.28. The summed E-state index contributed by atoms with van der Waals surface area (Å²) in [4.78, 5) is 22.0. The van der Waals surface area contributed by atoms with Crippen LogP contribution < -0.4 is 0 Å². The molecular weight excluding hydrogens is 180 g/mol. The van der Waals surface area contributed by atoms with E-state index in [9.17, 15) is 9.59 Å². The fourth-order valence-electron chi connectivity index (χ4n) is 1.18. The van der Waals surface area contributed by atoms with E-state index in [4.69, 9.17) is 5.11 Å². The predicted molar refractivity (Wildman–Crippen MR) is 44.0 cm³/mol. The van der Waals surface area contributed by atoms with Crippen LogP contribution in [-0.2, 0) is 14.3 Å². The van der Waals surface area contributed by atoms with Crippen LogP contribution in [0.4, 0.5) is 0 Å². The summed E-state index contributed by atoms with van der Waals surface area (Å²) >= 11 is 1.47. The molecule has 1 unspecified atom stereocenters. The van der Waals surface area contributed by atoms with Gasteiger partial charge in [-0.25, -0.2) is 0 Å². The predicted octanol–water partition coefficient (Wildman–Crippen LogP) is 0.367. The van der Waals surface area contributed by atoms with Gasteiger partial charge < -0.3 is 9.84 Å². The summed E-state index contributed by atoms with van der Waals surface area (Å²) < 4.78 is 4.47. The maximum Gasteiger partial charge on any atom is 0.324 e. The lowest BCUT2D eigenvalue weighted by atomic mass is 9.88. The van der Waals surface area contributed by atoms with Gasteiger partial charge >= 0.3 is 11.9 Å². The Morgan fingerprint density at radius 2 is 2.25 bits per heavy atom. The highest BCUT2D eigenvalue weighted by atomic mass is 32.2. The van der Waals surface area contributed by atoms with Crippen LogP contribution in [0, 0.1) is 5.41 Å². The van der Waals surface area contributed by atoms with Crippen molar-refractivity contribution in [2.24, 2.45) is 5.41 Å². The lowest BCUT2D eigenvalue weighted by Gasteiger charge is -2.18. The van der Waals surface area contributed by atoms with Crippen molar-refractivity contribution >= 4 is 23.7 Å². The summed E-state index contributed by atoms with van der Waals surface area (Å²) in [6.45, 7) is 0. The molecule has 0 aromatic heterocycles. The van der Waals surface area contributed by atoms with Crippen LogP contribution in [0.1, 0.15) is 6.42 Å². The molecule has 0 spiro atoms. The van der Waals surface area contributed by atoms with Gasteiger partial charge in [-0.2, -0.15) is 11.8 Å². The molecule has 0 aromatic rings. The molecule has 0 amide bonds. The number of methoxy groups -OCH3 is 1.